The standard InChI is InChI=1S/C15H23BrFN3O2S/c1-18-15(20-9-4-10-23(2,21)22)19-8-3-5-12-6-7-13(16)11-14(12)17/h6-7,11H,3-5,8-10H2,1-2H3,(H2,18,19,20). The Kier molecular flexibility index (Phi) is 8.54. The molecule has 1 rings (SSSR count). The SMILES string of the molecule is CN=C(NCCCc1ccc(Br)cc1F)NCCCS(C)(=O)=O. The molecule has 1 aromatic rings. The lowest BCUT2D eigenvalue weighted by molar-refractivity contribution is 0.597. The van der Waals surface area contributed by atoms with Gasteiger partial charge in [0.15, 0.2) is 5.96 Å². The van der Waals surface area contributed by atoms with Gasteiger partial charge in [-0.25, -0.2) is 12.8 Å². The van der Waals surface area contributed by atoms with Crippen LogP contribution in [-0.2, 0) is 16.3 Å². The molecule has 0 unspecified atom stereocenters. The number of benzene rings is 1. The second-order valence-electron chi connectivity index (χ2n) is 5.25. The molecule has 1 aromatic carbocycles. The number of halogens is 2. The zero-order valence-corrected chi connectivity index (χ0v) is 15.8. The van der Waals surface area contributed by atoms with Gasteiger partial charge in [-0.1, -0.05) is 22.0 Å². The maximum atomic E-state index is 13.7. The largest absolute Gasteiger partial charge is 0.356 e. The second kappa shape index (κ2) is 9.87. The average molecular weight is 408 g/mol. The van der Waals surface area contributed by atoms with Crippen molar-refractivity contribution < 1.29 is 12.8 Å². The van der Waals surface area contributed by atoms with Crippen molar-refractivity contribution in [3.05, 3.63) is 34.1 Å². The number of hydrogen-bond donors (Lipinski definition) is 2. The van der Waals surface area contributed by atoms with Crippen LogP contribution in [0.2, 0.25) is 0 Å². The van der Waals surface area contributed by atoms with Gasteiger partial charge in [0.2, 0.25) is 0 Å². The Bertz CT molecular complexity index is 636. The fourth-order valence-corrected chi connectivity index (χ4v) is 2.97. The molecule has 0 fully saturated rings. The van der Waals surface area contributed by atoms with Crippen LogP contribution in [0, 0.1) is 5.82 Å². The maximum Gasteiger partial charge on any atom is 0.190 e. The van der Waals surface area contributed by atoms with Crippen molar-refractivity contribution in [3.8, 4) is 0 Å². The molecule has 0 saturated heterocycles. The fourth-order valence-electron chi connectivity index (χ4n) is 1.97. The number of hydrogen-bond acceptors (Lipinski definition) is 3. The topological polar surface area (TPSA) is 70.6 Å². The third-order valence-corrected chi connectivity index (χ3v) is 4.66. The van der Waals surface area contributed by atoms with Crippen molar-refractivity contribution in [1.82, 2.24) is 10.6 Å². The maximum absolute atomic E-state index is 13.7. The first-order valence-corrected chi connectivity index (χ1v) is 10.2. The van der Waals surface area contributed by atoms with E-state index in [1.165, 1.54) is 12.3 Å². The highest BCUT2D eigenvalue weighted by atomic mass is 79.9. The number of aliphatic imine (C=N–C) groups is 1. The molecule has 0 saturated carbocycles. The summed E-state index contributed by atoms with van der Waals surface area (Å²) >= 11 is 3.23. The molecule has 8 heteroatoms. The van der Waals surface area contributed by atoms with Crippen LogP contribution < -0.4 is 10.6 Å². The summed E-state index contributed by atoms with van der Waals surface area (Å²) in [5, 5.41) is 6.18. The Morgan fingerprint density at radius 1 is 1.26 bits per heavy atom. The second-order valence-corrected chi connectivity index (χ2v) is 8.42. The van der Waals surface area contributed by atoms with Crippen LogP contribution in [0.5, 0.6) is 0 Å². The Morgan fingerprint density at radius 2 is 1.91 bits per heavy atom. The van der Waals surface area contributed by atoms with Gasteiger partial charge in [-0.05, 0) is 37.0 Å². The van der Waals surface area contributed by atoms with Gasteiger partial charge in [0.05, 0.1) is 5.75 Å². The lowest BCUT2D eigenvalue weighted by Crippen LogP contribution is -2.38. The third kappa shape index (κ3) is 8.90. The number of nitrogens with one attached hydrogen (secondary N) is 2. The van der Waals surface area contributed by atoms with E-state index < -0.39 is 9.84 Å². The molecule has 0 spiro atoms. The molecule has 23 heavy (non-hydrogen) atoms. The highest BCUT2D eigenvalue weighted by Gasteiger charge is 2.04. The van der Waals surface area contributed by atoms with E-state index in [2.05, 4.69) is 31.6 Å². The van der Waals surface area contributed by atoms with Gasteiger partial charge in [0, 0.05) is 30.9 Å². The van der Waals surface area contributed by atoms with E-state index in [0.29, 0.717) is 37.5 Å². The summed E-state index contributed by atoms with van der Waals surface area (Å²) in [4.78, 5) is 4.06. The zero-order chi connectivity index (χ0) is 17.3. The van der Waals surface area contributed by atoms with Crippen molar-refractivity contribution in [2.75, 3.05) is 32.1 Å². The van der Waals surface area contributed by atoms with Crippen LogP contribution in [0.3, 0.4) is 0 Å². The summed E-state index contributed by atoms with van der Waals surface area (Å²) in [5.41, 5.74) is 0.686. The van der Waals surface area contributed by atoms with E-state index in [1.807, 2.05) is 6.07 Å². The van der Waals surface area contributed by atoms with Crippen LogP contribution >= 0.6 is 15.9 Å². The van der Waals surface area contributed by atoms with Crippen LogP contribution in [0.15, 0.2) is 27.7 Å². The average Bonchev–Trinajstić information content (AvgIpc) is 2.46. The smallest absolute Gasteiger partial charge is 0.190 e. The summed E-state index contributed by atoms with van der Waals surface area (Å²) < 4.78 is 36.5. The van der Waals surface area contributed by atoms with E-state index in [1.54, 1.807) is 13.1 Å². The number of aryl methyl sites for hydroxylation is 1. The predicted octanol–water partition coefficient (Wildman–Crippen LogP) is 2.12. The van der Waals surface area contributed by atoms with E-state index in [9.17, 15) is 12.8 Å². The normalized spacial score (nSPS) is 12.3. The van der Waals surface area contributed by atoms with Crippen molar-refractivity contribution in [1.29, 1.82) is 0 Å². The highest BCUT2D eigenvalue weighted by Crippen LogP contribution is 2.16. The molecule has 2 N–H and O–H groups in total. The fraction of sp³-hybridized carbons (Fsp3) is 0.533. The van der Waals surface area contributed by atoms with Crippen molar-refractivity contribution in [3.63, 3.8) is 0 Å². The van der Waals surface area contributed by atoms with Gasteiger partial charge < -0.3 is 10.6 Å². The Morgan fingerprint density at radius 3 is 2.48 bits per heavy atom. The van der Waals surface area contributed by atoms with Gasteiger partial charge in [0.25, 0.3) is 0 Å². The van der Waals surface area contributed by atoms with E-state index in [4.69, 9.17) is 0 Å². The van der Waals surface area contributed by atoms with Gasteiger partial charge in [-0.3, -0.25) is 4.99 Å². The molecule has 0 bridgehead atoms. The summed E-state index contributed by atoms with van der Waals surface area (Å²) in [6.45, 7) is 1.19. The first kappa shape index (κ1) is 19.9. The van der Waals surface area contributed by atoms with Crippen molar-refractivity contribution in [2.45, 2.75) is 19.3 Å². The minimum absolute atomic E-state index is 0.153. The van der Waals surface area contributed by atoms with Gasteiger partial charge in [-0.15, -0.1) is 0 Å². The predicted molar refractivity (Wildman–Crippen MR) is 96.1 cm³/mol. The Hall–Kier alpha value is -1.15. The number of sulfone groups is 1. The molecular weight excluding hydrogens is 385 g/mol. The minimum Gasteiger partial charge on any atom is -0.356 e. The molecular formula is C15H23BrFN3O2S. The van der Waals surface area contributed by atoms with Crippen LogP contribution in [-0.4, -0.2) is 46.5 Å². The van der Waals surface area contributed by atoms with E-state index >= 15 is 0 Å². The molecule has 130 valence electrons. The number of guanidine groups is 1. The van der Waals surface area contributed by atoms with Gasteiger partial charge in [-0.2, -0.15) is 0 Å². The van der Waals surface area contributed by atoms with Crippen molar-refractivity contribution in [2.24, 2.45) is 4.99 Å². The van der Waals surface area contributed by atoms with Crippen LogP contribution in [0.4, 0.5) is 4.39 Å². The number of rotatable bonds is 8. The van der Waals surface area contributed by atoms with Crippen LogP contribution in [0.25, 0.3) is 0 Å². The van der Waals surface area contributed by atoms with Crippen LogP contribution in [0.1, 0.15) is 18.4 Å². The lowest BCUT2D eigenvalue weighted by atomic mass is 10.1. The quantitative estimate of drug-likeness (QED) is 0.393. The number of nitrogens with zero attached hydrogens (tertiary/aromatic N) is 1. The molecule has 0 heterocycles. The van der Waals surface area contributed by atoms with Gasteiger partial charge in [0.1, 0.15) is 15.7 Å². The first-order valence-electron chi connectivity index (χ1n) is 7.38. The molecule has 0 amide bonds. The minimum atomic E-state index is -2.93. The molecule has 0 radical (unpaired) electrons. The third-order valence-electron chi connectivity index (χ3n) is 3.14. The van der Waals surface area contributed by atoms with Gasteiger partial charge >= 0.3 is 0 Å². The molecule has 0 aliphatic heterocycles. The monoisotopic (exact) mass is 407 g/mol. The molecule has 0 aliphatic carbocycles. The first-order chi connectivity index (χ1) is 10.8. The highest BCUT2D eigenvalue weighted by molar-refractivity contribution is 9.10. The molecule has 5 nitrogen and oxygen atoms in total. The van der Waals surface area contributed by atoms with E-state index in [-0.39, 0.29) is 11.6 Å². The summed E-state index contributed by atoms with van der Waals surface area (Å²) in [6, 6.07) is 5.07. The molecule has 0 aromatic heterocycles. The lowest BCUT2D eigenvalue weighted by Gasteiger charge is -2.11. The molecule has 0 atom stereocenters. The van der Waals surface area contributed by atoms with E-state index in [0.717, 1.165) is 10.9 Å². The Balaban J connectivity index is 2.25. The Labute approximate surface area is 145 Å². The summed E-state index contributed by atoms with van der Waals surface area (Å²) in [7, 11) is -1.27. The summed E-state index contributed by atoms with van der Waals surface area (Å²) in [6.07, 6.45) is 3.16. The zero-order valence-electron chi connectivity index (χ0n) is 13.4. The summed E-state index contributed by atoms with van der Waals surface area (Å²) in [5.74, 6) is 0.567. The molecule has 0 aliphatic rings. The van der Waals surface area contributed by atoms with Crippen molar-refractivity contribution >= 4 is 31.7 Å².